The third kappa shape index (κ3) is 2.42. The van der Waals surface area contributed by atoms with Crippen LogP contribution in [0.15, 0.2) is 24.3 Å². The first-order chi connectivity index (χ1) is 10.1. The lowest BCUT2D eigenvalue weighted by atomic mass is 10.1. The first-order valence-corrected chi connectivity index (χ1v) is 6.61. The van der Waals surface area contributed by atoms with Gasteiger partial charge in [0, 0.05) is 13.0 Å². The van der Waals surface area contributed by atoms with Crippen LogP contribution >= 0.6 is 0 Å². The molecule has 0 spiro atoms. The Balaban J connectivity index is 1.78. The first-order valence-electron chi connectivity index (χ1n) is 6.61. The lowest BCUT2D eigenvalue weighted by Gasteiger charge is -2.33. The van der Waals surface area contributed by atoms with Crippen molar-refractivity contribution in [3.05, 3.63) is 29.8 Å². The normalized spacial score (nSPS) is 24.0. The van der Waals surface area contributed by atoms with Crippen molar-refractivity contribution >= 4 is 17.8 Å². The lowest BCUT2D eigenvalue weighted by molar-refractivity contribution is -0.156. The Bertz CT molecular complexity index is 590. The Labute approximate surface area is 120 Å². The van der Waals surface area contributed by atoms with Gasteiger partial charge in [0.05, 0.1) is 0 Å². The molecule has 1 saturated heterocycles. The number of ether oxygens (including phenoxy) is 1. The van der Waals surface area contributed by atoms with Crippen LogP contribution < -0.4 is 10.1 Å². The van der Waals surface area contributed by atoms with E-state index in [9.17, 15) is 19.5 Å². The Morgan fingerprint density at radius 2 is 2.10 bits per heavy atom. The van der Waals surface area contributed by atoms with Gasteiger partial charge >= 0.3 is 5.97 Å². The van der Waals surface area contributed by atoms with Crippen molar-refractivity contribution in [3.63, 3.8) is 0 Å². The Morgan fingerprint density at radius 1 is 1.33 bits per heavy atom. The van der Waals surface area contributed by atoms with E-state index in [4.69, 9.17) is 4.74 Å². The second-order valence-corrected chi connectivity index (χ2v) is 5.04. The molecule has 1 aromatic rings. The number of para-hydroxylation sites is 1. The van der Waals surface area contributed by atoms with Crippen LogP contribution in [0.5, 0.6) is 5.75 Å². The van der Waals surface area contributed by atoms with Gasteiger partial charge in [-0.3, -0.25) is 9.59 Å². The SMILES string of the molecule is O=C1CN(C(=O)C2Cc3ccccc3O2)C(C(=O)O)CN1. The predicted octanol–water partition coefficient (Wildman–Crippen LogP) is -0.598. The summed E-state index contributed by atoms with van der Waals surface area (Å²) in [5.74, 6) is -1.34. The predicted molar refractivity (Wildman–Crippen MR) is 70.7 cm³/mol. The fraction of sp³-hybridized carbons (Fsp3) is 0.357. The largest absolute Gasteiger partial charge is 0.480 e. The molecule has 0 aromatic heterocycles. The molecule has 2 N–H and O–H groups in total. The molecule has 7 heteroatoms. The molecular weight excluding hydrogens is 276 g/mol. The third-order valence-electron chi connectivity index (χ3n) is 3.67. The van der Waals surface area contributed by atoms with E-state index in [-0.39, 0.29) is 19.0 Å². The molecule has 2 aliphatic heterocycles. The monoisotopic (exact) mass is 290 g/mol. The van der Waals surface area contributed by atoms with Crippen molar-refractivity contribution in [2.75, 3.05) is 13.1 Å². The second-order valence-electron chi connectivity index (χ2n) is 5.04. The summed E-state index contributed by atoms with van der Waals surface area (Å²) in [4.78, 5) is 36.2. The summed E-state index contributed by atoms with van der Waals surface area (Å²) in [7, 11) is 0. The van der Waals surface area contributed by atoms with Crippen LogP contribution in [0.4, 0.5) is 0 Å². The number of benzene rings is 1. The molecule has 2 unspecified atom stereocenters. The number of carbonyl (C=O) groups excluding carboxylic acids is 2. The van der Waals surface area contributed by atoms with Crippen LogP contribution in [0, 0.1) is 0 Å². The molecule has 2 atom stereocenters. The minimum absolute atomic E-state index is 0.0838. The molecule has 3 rings (SSSR count). The lowest BCUT2D eigenvalue weighted by Crippen LogP contribution is -2.61. The molecule has 110 valence electrons. The number of nitrogens with one attached hydrogen (secondary N) is 1. The number of carboxylic acids is 1. The fourth-order valence-corrected chi connectivity index (χ4v) is 2.60. The number of amides is 2. The number of carbonyl (C=O) groups is 3. The quantitative estimate of drug-likeness (QED) is 0.758. The number of hydrogen-bond donors (Lipinski definition) is 2. The molecule has 0 aliphatic carbocycles. The molecule has 0 bridgehead atoms. The van der Waals surface area contributed by atoms with E-state index in [0.717, 1.165) is 10.5 Å². The summed E-state index contributed by atoms with van der Waals surface area (Å²) in [6.07, 6.45) is -0.380. The molecule has 2 heterocycles. The number of nitrogens with zero attached hydrogens (tertiary/aromatic N) is 1. The minimum Gasteiger partial charge on any atom is -0.480 e. The van der Waals surface area contributed by atoms with E-state index < -0.39 is 24.0 Å². The average molecular weight is 290 g/mol. The maximum absolute atomic E-state index is 12.5. The van der Waals surface area contributed by atoms with Crippen LogP contribution in [-0.4, -0.2) is 53.0 Å². The van der Waals surface area contributed by atoms with E-state index in [1.807, 2.05) is 12.1 Å². The van der Waals surface area contributed by atoms with E-state index in [1.165, 1.54) is 0 Å². The van der Waals surface area contributed by atoms with Gasteiger partial charge in [0.2, 0.25) is 5.91 Å². The summed E-state index contributed by atoms with van der Waals surface area (Å²) in [5.41, 5.74) is 0.907. The highest BCUT2D eigenvalue weighted by molar-refractivity contribution is 5.93. The van der Waals surface area contributed by atoms with Gasteiger partial charge in [-0.15, -0.1) is 0 Å². The highest BCUT2D eigenvalue weighted by atomic mass is 16.5. The summed E-state index contributed by atoms with van der Waals surface area (Å²) >= 11 is 0. The zero-order valence-corrected chi connectivity index (χ0v) is 11.1. The van der Waals surface area contributed by atoms with E-state index in [0.29, 0.717) is 12.2 Å². The number of carboxylic acid groups (broad SMARTS) is 1. The molecule has 0 radical (unpaired) electrons. The van der Waals surface area contributed by atoms with E-state index in [1.54, 1.807) is 12.1 Å². The van der Waals surface area contributed by atoms with Crippen molar-refractivity contribution in [1.29, 1.82) is 0 Å². The van der Waals surface area contributed by atoms with Gasteiger partial charge in [-0.25, -0.2) is 4.79 Å². The van der Waals surface area contributed by atoms with Gasteiger partial charge in [-0.2, -0.15) is 0 Å². The second kappa shape index (κ2) is 5.08. The van der Waals surface area contributed by atoms with Crippen molar-refractivity contribution in [1.82, 2.24) is 10.2 Å². The van der Waals surface area contributed by atoms with Crippen molar-refractivity contribution in [2.45, 2.75) is 18.6 Å². The Morgan fingerprint density at radius 3 is 2.81 bits per heavy atom. The highest BCUT2D eigenvalue weighted by Crippen LogP contribution is 2.29. The molecule has 1 aromatic carbocycles. The highest BCUT2D eigenvalue weighted by Gasteiger charge is 2.40. The molecule has 2 aliphatic rings. The third-order valence-corrected chi connectivity index (χ3v) is 3.67. The zero-order valence-electron chi connectivity index (χ0n) is 11.1. The standard InChI is InChI=1S/C14H14N2O5/c17-12-7-16(9(6-15-12)14(19)20)13(18)11-5-8-3-1-2-4-10(8)21-11/h1-4,9,11H,5-7H2,(H,15,17)(H,19,20). The van der Waals surface area contributed by atoms with Crippen molar-refractivity contribution < 1.29 is 24.2 Å². The van der Waals surface area contributed by atoms with Crippen LogP contribution in [0.2, 0.25) is 0 Å². The van der Waals surface area contributed by atoms with Gasteiger partial charge < -0.3 is 20.1 Å². The first kappa shape index (κ1) is 13.4. The topological polar surface area (TPSA) is 95.9 Å². The number of aliphatic carboxylic acids is 1. The molecular formula is C14H14N2O5. The number of fused-ring (bicyclic) bond motifs is 1. The number of rotatable bonds is 2. The summed E-state index contributed by atoms with van der Waals surface area (Å²) in [6, 6.07) is 6.23. The van der Waals surface area contributed by atoms with Crippen molar-refractivity contribution in [3.8, 4) is 5.75 Å². The van der Waals surface area contributed by atoms with Crippen LogP contribution in [-0.2, 0) is 20.8 Å². The van der Waals surface area contributed by atoms with Crippen molar-refractivity contribution in [2.24, 2.45) is 0 Å². The van der Waals surface area contributed by atoms with Gasteiger partial charge in [0.25, 0.3) is 5.91 Å². The zero-order chi connectivity index (χ0) is 15.0. The molecule has 7 nitrogen and oxygen atoms in total. The van der Waals surface area contributed by atoms with Gasteiger partial charge in [-0.1, -0.05) is 18.2 Å². The van der Waals surface area contributed by atoms with Crippen LogP contribution in [0.3, 0.4) is 0 Å². The van der Waals surface area contributed by atoms with E-state index >= 15 is 0 Å². The smallest absolute Gasteiger partial charge is 0.328 e. The van der Waals surface area contributed by atoms with Gasteiger partial charge in [-0.05, 0) is 11.6 Å². The molecule has 2 amide bonds. The number of hydrogen-bond acceptors (Lipinski definition) is 4. The number of piperazine rings is 1. The average Bonchev–Trinajstić information content (AvgIpc) is 2.89. The fourth-order valence-electron chi connectivity index (χ4n) is 2.60. The van der Waals surface area contributed by atoms with Gasteiger partial charge in [0.15, 0.2) is 6.10 Å². The maximum Gasteiger partial charge on any atom is 0.328 e. The Kier molecular flexibility index (Phi) is 3.25. The summed E-state index contributed by atoms with van der Waals surface area (Å²) < 4.78 is 5.57. The molecule has 0 saturated carbocycles. The molecule has 1 fully saturated rings. The Hall–Kier alpha value is -2.57. The van der Waals surface area contributed by atoms with Crippen LogP contribution in [0.1, 0.15) is 5.56 Å². The van der Waals surface area contributed by atoms with Crippen LogP contribution in [0.25, 0.3) is 0 Å². The summed E-state index contributed by atoms with van der Waals surface area (Å²) in [6.45, 7) is -0.342. The minimum atomic E-state index is -1.14. The molecule has 21 heavy (non-hydrogen) atoms. The van der Waals surface area contributed by atoms with Gasteiger partial charge in [0.1, 0.15) is 18.3 Å². The maximum atomic E-state index is 12.5. The summed E-state index contributed by atoms with van der Waals surface area (Å²) in [5, 5.41) is 11.6. The van der Waals surface area contributed by atoms with E-state index in [2.05, 4.69) is 5.32 Å².